The first-order chi connectivity index (χ1) is 44.1. The number of nitrogens with zero attached hydrogens (tertiary/aromatic N) is 3. The van der Waals surface area contributed by atoms with Gasteiger partial charge in [-0.15, -0.1) is 0 Å². The Labute approximate surface area is 530 Å². The van der Waals surface area contributed by atoms with Crippen molar-refractivity contribution < 1.29 is 0 Å². The van der Waals surface area contributed by atoms with E-state index < -0.39 is 6.55 Å². The third-order valence-corrected chi connectivity index (χ3v) is 26.5. The molecule has 0 spiro atoms. The van der Waals surface area contributed by atoms with E-state index in [2.05, 4.69) is 354 Å². The van der Waals surface area contributed by atoms with E-state index in [1.807, 2.05) is 0 Å². The molecule has 0 radical (unpaired) electrons. The van der Waals surface area contributed by atoms with E-state index in [9.17, 15) is 0 Å². The van der Waals surface area contributed by atoms with Crippen LogP contribution in [0.25, 0.3) is 64.6 Å². The van der Waals surface area contributed by atoms with Crippen molar-refractivity contribution in [1.82, 2.24) is 0 Å². The van der Waals surface area contributed by atoms with Gasteiger partial charge in [0.2, 0.25) is 0 Å². The van der Waals surface area contributed by atoms with Crippen molar-refractivity contribution in [2.75, 3.05) is 21.4 Å². The summed E-state index contributed by atoms with van der Waals surface area (Å²) in [7, 11) is 1.27. The normalized spacial score (nSPS) is 11.8. The molecular weight excluding hydrogens is 1120 g/mol. The number of benzene rings is 15. The number of anilines is 9. The molecule has 15 aromatic rings. The number of fused-ring (bicyclic) bond motifs is 6. The van der Waals surface area contributed by atoms with Crippen LogP contribution in [0, 0.1) is 41.5 Å². The monoisotopic (exact) mass is 1190 g/mol. The third kappa shape index (κ3) is 9.47. The van der Waals surface area contributed by atoms with Crippen LogP contribution >= 0.6 is 14.4 Å². The van der Waals surface area contributed by atoms with Crippen molar-refractivity contribution >= 4 is 146 Å². The van der Waals surface area contributed by atoms with Crippen LogP contribution in [-0.4, -0.2) is 6.66 Å². The van der Waals surface area contributed by atoms with Gasteiger partial charge in [-0.25, -0.2) is 0 Å². The summed E-state index contributed by atoms with van der Waals surface area (Å²) in [6.45, 7) is 13.2. The second-order valence-corrected chi connectivity index (χ2v) is 30.3. The Kier molecular flexibility index (Phi) is 14.5. The molecule has 15 rings (SSSR count). The van der Waals surface area contributed by atoms with Crippen LogP contribution < -0.4 is 30.6 Å². The van der Waals surface area contributed by atoms with Gasteiger partial charge in [0.1, 0.15) is 0 Å². The van der Waals surface area contributed by atoms with Crippen molar-refractivity contribution in [3.05, 3.63) is 325 Å². The molecule has 3 nitrogen and oxygen atoms in total. The molecule has 434 valence electrons. The number of hydrogen-bond acceptors (Lipinski definition) is 3. The molecule has 0 heterocycles. The molecule has 0 aliphatic carbocycles. The lowest BCUT2D eigenvalue weighted by Crippen LogP contribution is -2.25. The van der Waals surface area contributed by atoms with Gasteiger partial charge in [-0.3, -0.25) is 0 Å². The first-order valence-corrected chi connectivity index (χ1v) is 35.1. The Morgan fingerprint density at radius 2 is 0.367 bits per heavy atom. The second-order valence-electron chi connectivity index (χ2n) is 24.1. The summed E-state index contributed by atoms with van der Waals surface area (Å²) >= 11 is 0. The molecule has 0 saturated heterocycles. The fourth-order valence-corrected chi connectivity index (χ4v) is 20.9. The van der Waals surface area contributed by atoms with E-state index in [1.165, 1.54) is 122 Å². The van der Waals surface area contributed by atoms with Crippen molar-refractivity contribution in [3.8, 4) is 0 Å². The minimum atomic E-state index is -2.47. The van der Waals surface area contributed by atoms with Crippen LogP contribution in [0.1, 0.15) is 33.4 Å². The molecule has 0 amide bonds. The number of rotatable bonds is 12. The lowest BCUT2D eigenvalue weighted by atomic mass is 9.99. The average Bonchev–Trinajstić information content (AvgIpc) is 0.823. The van der Waals surface area contributed by atoms with E-state index >= 15 is 0 Å². The summed E-state index contributed by atoms with van der Waals surface area (Å²) in [6.07, 6.45) is 0. The van der Waals surface area contributed by atoms with E-state index in [4.69, 9.17) is 0 Å². The maximum absolute atomic E-state index is 2.50. The van der Waals surface area contributed by atoms with Crippen LogP contribution in [0.4, 0.5) is 51.2 Å². The van der Waals surface area contributed by atoms with Gasteiger partial charge in [-0.2, -0.15) is 0 Å². The van der Waals surface area contributed by atoms with Crippen LogP contribution in [0.5, 0.6) is 0 Å². The highest BCUT2D eigenvalue weighted by Gasteiger charge is 2.29. The molecular formula is C85H69N3P2. The molecule has 0 aliphatic heterocycles. The Morgan fingerprint density at radius 3 is 0.533 bits per heavy atom. The summed E-state index contributed by atoms with van der Waals surface area (Å²) in [5.74, 6) is 0. The van der Waals surface area contributed by atoms with Gasteiger partial charge >= 0.3 is 0 Å². The topological polar surface area (TPSA) is 9.72 Å². The van der Waals surface area contributed by atoms with Gasteiger partial charge in [-0.1, -0.05) is 226 Å². The smallest absolute Gasteiger partial charge is 0.0540 e. The zero-order valence-electron chi connectivity index (χ0n) is 51.9. The van der Waals surface area contributed by atoms with Gasteiger partial charge in [0, 0.05) is 49.4 Å². The SMILES string of the molecule is CP=P(c1ccc(N(c2ccc(C)c3ccccc23)c2ccc(C)c3ccccc23)cc1)(c1ccc(N(c2ccc(C)c3ccccc23)c2ccc(C)c3ccccc23)cc1)c1ccc(N(c2ccc(C)c3ccccc23)c2ccc(C)c3ccccc23)cc1. The molecule has 0 saturated carbocycles. The quantitative estimate of drug-likeness (QED) is 0.113. The minimum Gasteiger partial charge on any atom is -0.309 e. The largest absolute Gasteiger partial charge is 0.309 e. The average molecular weight is 1190 g/mol. The van der Waals surface area contributed by atoms with Crippen LogP contribution in [-0.2, 0) is 0 Å². The standard InChI is InChI=1S/C85H69N3P2/c1-56-32-50-80(74-26-14-8-20-68(56)74)86(81-51-33-57(2)69-21-9-15-27-75(69)81)62-38-44-65(45-39-62)90(89-7,66-46-40-63(41-47-66)87(82-52-34-58(3)70-22-10-16-28-76(70)82)83-53-35-59(4)71-23-11-17-29-77(71)83)67-48-42-64(43-49-67)88(84-54-36-60(5)72-24-12-18-30-78(72)84)85-55-37-61(6)73-25-13-19-31-79(73)85/h8-55H,1-7H3. The first kappa shape index (κ1) is 56.5. The Bertz CT molecular complexity index is 4570. The molecule has 0 aromatic heterocycles. The Hall–Kier alpha value is -10.0. The van der Waals surface area contributed by atoms with E-state index in [0.717, 1.165) is 51.2 Å². The maximum atomic E-state index is 2.50. The molecule has 0 fully saturated rings. The van der Waals surface area contributed by atoms with E-state index in [0.29, 0.717) is 0 Å². The second kappa shape index (κ2) is 23.2. The lowest BCUT2D eigenvalue weighted by molar-refractivity contribution is 1.30. The van der Waals surface area contributed by atoms with Gasteiger partial charge in [0.05, 0.1) is 34.1 Å². The van der Waals surface area contributed by atoms with Gasteiger partial charge in [0.25, 0.3) is 0 Å². The van der Waals surface area contributed by atoms with Gasteiger partial charge in [-0.05, 0) is 209 Å². The van der Waals surface area contributed by atoms with Crippen molar-refractivity contribution in [1.29, 1.82) is 0 Å². The summed E-state index contributed by atoms with van der Waals surface area (Å²) in [6, 6.07) is 110. The van der Waals surface area contributed by atoms with Crippen LogP contribution in [0.15, 0.2) is 291 Å². The minimum absolute atomic E-state index is 1.11. The zero-order chi connectivity index (χ0) is 61.2. The number of hydrogen-bond donors (Lipinski definition) is 0. The highest BCUT2D eigenvalue weighted by atomic mass is 31.8. The third-order valence-electron chi connectivity index (χ3n) is 18.9. The molecule has 0 atom stereocenters. The lowest BCUT2D eigenvalue weighted by Gasteiger charge is -2.32. The van der Waals surface area contributed by atoms with Gasteiger partial charge < -0.3 is 14.7 Å². The fraction of sp³-hybridized carbons (Fsp3) is 0.0824. The predicted octanol–water partition coefficient (Wildman–Crippen LogP) is 23.7. The summed E-state index contributed by atoms with van der Waals surface area (Å²) in [5.41, 5.74) is 17.8. The number of aryl methyl sites for hydroxylation is 6. The van der Waals surface area contributed by atoms with Crippen LogP contribution in [0.2, 0.25) is 0 Å². The molecule has 90 heavy (non-hydrogen) atoms. The molecule has 15 aromatic carbocycles. The van der Waals surface area contributed by atoms with E-state index in [-0.39, 0.29) is 0 Å². The highest BCUT2D eigenvalue weighted by Crippen LogP contribution is 2.55. The summed E-state index contributed by atoms with van der Waals surface area (Å²) < 4.78 is 0. The van der Waals surface area contributed by atoms with Crippen molar-refractivity contribution in [3.63, 3.8) is 0 Å². The first-order valence-electron chi connectivity index (χ1n) is 31.2. The summed E-state index contributed by atoms with van der Waals surface area (Å²) in [4.78, 5) is 7.49. The maximum Gasteiger partial charge on any atom is 0.0540 e. The van der Waals surface area contributed by atoms with Gasteiger partial charge in [0.15, 0.2) is 0 Å². The molecule has 5 heteroatoms. The van der Waals surface area contributed by atoms with Crippen molar-refractivity contribution in [2.24, 2.45) is 0 Å². The van der Waals surface area contributed by atoms with Crippen molar-refractivity contribution in [2.45, 2.75) is 41.5 Å². The molecule has 0 aliphatic rings. The Morgan fingerprint density at radius 1 is 0.200 bits per heavy atom. The molecule has 0 bridgehead atoms. The Balaban J connectivity index is 0.942. The molecule has 0 N–H and O–H groups in total. The fourth-order valence-electron chi connectivity index (χ4n) is 14.2. The van der Waals surface area contributed by atoms with Crippen LogP contribution in [0.3, 0.4) is 0 Å². The highest BCUT2D eigenvalue weighted by molar-refractivity contribution is 8.17. The summed E-state index contributed by atoms with van der Waals surface area (Å²) in [5, 5.41) is 18.8. The van der Waals surface area contributed by atoms with E-state index in [1.54, 1.807) is 0 Å². The molecule has 0 unspecified atom stereocenters. The zero-order valence-corrected chi connectivity index (χ0v) is 53.7. The predicted molar refractivity (Wildman–Crippen MR) is 395 cm³/mol.